The summed E-state index contributed by atoms with van der Waals surface area (Å²) >= 11 is 0. The first kappa shape index (κ1) is 13.9. The lowest BCUT2D eigenvalue weighted by atomic mass is 10.2. The number of nitrogens with one attached hydrogen (secondary N) is 3. The smallest absolute Gasteiger partial charge is 0.272 e. The number of hydrogen-bond acceptors (Lipinski definition) is 7. The maximum absolute atomic E-state index is 12.1. The summed E-state index contributed by atoms with van der Waals surface area (Å²) in [6, 6.07) is 0. The van der Waals surface area contributed by atoms with Gasteiger partial charge in [0, 0.05) is 5.92 Å². The predicted molar refractivity (Wildman–Crippen MR) is 71.5 cm³/mol. The number of carbonyl (C=O) groups is 1. The Morgan fingerprint density at radius 3 is 2.85 bits per heavy atom. The minimum absolute atomic E-state index is 0.114. The largest absolute Gasteiger partial charge is 0.343 e. The Labute approximate surface area is 115 Å². The van der Waals surface area contributed by atoms with E-state index in [0.717, 1.165) is 0 Å². The molecule has 2 rings (SSSR count). The van der Waals surface area contributed by atoms with E-state index in [1.165, 1.54) is 12.5 Å². The van der Waals surface area contributed by atoms with Gasteiger partial charge in [-0.3, -0.25) is 15.7 Å². The van der Waals surface area contributed by atoms with E-state index >= 15 is 0 Å². The molecule has 2 heterocycles. The fourth-order valence-electron chi connectivity index (χ4n) is 1.52. The lowest BCUT2D eigenvalue weighted by Gasteiger charge is -2.10. The maximum Gasteiger partial charge on any atom is 0.272 e. The molecule has 0 aliphatic rings. The number of H-pyrrole nitrogens is 1. The molecule has 106 valence electrons. The standard InChI is InChI=1S/C11H16N8O/c1-6(2)10-13-3-7(18-12)9(17-10)11(20)14-4-8-15-5-16-19-8/h3,5-6,18H,4,12H2,1-2H3,(H,14,20)(H,15,16,19). The number of nitrogens with zero attached hydrogens (tertiary/aromatic N) is 4. The Kier molecular flexibility index (Phi) is 4.20. The number of aromatic amines is 1. The summed E-state index contributed by atoms with van der Waals surface area (Å²) in [5.74, 6) is 6.25. The van der Waals surface area contributed by atoms with E-state index in [1.54, 1.807) is 0 Å². The van der Waals surface area contributed by atoms with Gasteiger partial charge in [-0.05, 0) is 0 Å². The zero-order valence-electron chi connectivity index (χ0n) is 11.2. The van der Waals surface area contributed by atoms with Gasteiger partial charge in [0.05, 0.1) is 18.4 Å². The lowest BCUT2D eigenvalue weighted by Crippen LogP contribution is -2.27. The van der Waals surface area contributed by atoms with E-state index < -0.39 is 0 Å². The number of hydrogen-bond donors (Lipinski definition) is 4. The number of anilines is 1. The summed E-state index contributed by atoms with van der Waals surface area (Å²) < 4.78 is 0. The van der Waals surface area contributed by atoms with Gasteiger partial charge in [0.25, 0.3) is 5.91 Å². The number of carbonyl (C=O) groups excluding carboxylic acids is 1. The molecule has 5 N–H and O–H groups in total. The van der Waals surface area contributed by atoms with Gasteiger partial charge in [-0.2, -0.15) is 5.10 Å². The molecule has 0 unspecified atom stereocenters. The van der Waals surface area contributed by atoms with Crippen molar-refractivity contribution in [3.05, 3.63) is 29.9 Å². The number of nitrogens with two attached hydrogens (primary N) is 1. The second-order valence-corrected chi connectivity index (χ2v) is 4.40. The average Bonchev–Trinajstić information content (AvgIpc) is 2.97. The molecule has 0 aliphatic heterocycles. The normalized spacial score (nSPS) is 10.6. The summed E-state index contributed by atoms with van der Waals surface area (Å²) in [6.45, 7) is 4.12. The van der Waals surface area contributed by atoms with Gasteiger partial charge in [-0.1, -0.05) is 13.8 Å². The van der Waals surface area contributed by atoms with Crippen LogP contribution in [0.2, 0.25) is 0 Å². The average molecular weight is 276 g/mol. The van der Waals surface area contributed by atoms with Crippen molar-refractivity contribution in [3.63, 3.8) is 0 Å². The zero-order chi connectivity index (χ0) is 14.5. The highest BCUT2D eigenvalue weighted by atomic mass is 16.1. The van der Waals surface area contributed by atoms with Crippen LogP contribution in [0.15, 0.2) is 12.5 Å². The summed E-state index contributed by atoms with van der Waals surface area (Å²) in [5, 5.41) is 9.04. The van der Waals surface area contributed by atoms with E-state index in [2.05, 4.69) is 35.9 Å². The molecular weight excluding hydrogens is 260 g/mol. The topological polar surface area (TPSA) is 134 Å². The molecule has 0 saturated heterocycles. The summed E-state index contributed by atoms with van der Waals surface area (Å²) in [6.07, 6.45) is 2.86. The molecule has 2 aromatic rings. The molecule has 20 heavy (non-hydrogen) atoms. The molecule has 0 aliphatic carbocycles. The molecule has 2 aromatic heterocycles. The van der Waals surface area contributed by atoms with Crippen molar-refractivity contribution < 1.29 is 4.79 Å². The van der Waals surface area contributed by atoms with Gasteiger partial charge in [0.1, 0.15) is 18.0 Å². The van der Waals surface area contributed by atoms with Crippen molar-refractivity contribution in [2.24, 2.45) is 5.84 Å². The monoisotopic (exact) mass is 276 g/mol. The molecule has 9 heteroatoms. The van der Waals surface area contributed by atoms with E-state index in [9.17, 15) is 4.79 Å². The van der Waals surface area contributed by atoms with E-state index in [1.807, 2.05) is 13.8 Å². The van der Waals surface area contributed by atoms with Crippen molar-refractivity contribution in [3.8, 4) is 0 Å². The molecule has 0 atom stereocenters. The van der Waals surface area contributed by atoms with Gasteiger partial charge in [0.15, 0.2) is 5.69 Å². The van der Waals surface area contributed by atoms with Crippen LogP contribution in [0.1, 0.15) is 41.9 Å². The third-order valence-electron chi connectivity index (χ3n) is 2.58. The Bertz CT molecular complexity index is 580. The molecule has 0 aromatic carbocycles. The van der Waals surface area contributed by atoms with Crippen LogP contribution in [-0.2, 0) is 6.54 Å². The van der Waals surface area contributed by atoms with Crippen LogP contribution in [-0.4, -0.2) is 31.1 Å². The lowest BCUT2D eigenvalue weighted by molar-refractivity contribution is 0.0945. The van der Waals surface area contributed by atoms with Gasteiger partial charge in [0.2, 0.25) is 0 Å². The van der Waals surface area contributed by atoms with Crippen molar-refractivity contribution in [1.29, 1.82) is 0 Å². The number of hydrazine groups is 1. The fraction of sp³-hybridized carbons (Fsp3) is 0.364. The first-order chi connectivity index (χ1) is 9.61. The molecule has 0 fully saturated rings. The maximum atomic E-state index is 12.1. The molecule has 0 radical (unpaired) electrons. The van der Waals surface area contributed by atoms with Crippen LogP contribution in [0.25, 0.3) is 0 Å². The summed E-state index contributed by atoms with van der Waals surface area (Å²) in [7, 11) is 0. The summed E-state index contributed by atoms with van der Waals surface area (Å²) in [4.78, 5) is 24.4. The molecule has 0 bridgehead atoms. The van der Waals surface area contributed by atoms with Crippen LogP contribution < -0.4 is 16.6 Å². The van der Waals surface area contributed by atoms with Crippen molar-refractivity contribution >= 4 is 11.6 Å². The molecule has 0 spiro atoms. The van der Waals surface area contributed by atoms with E-state index in [0.29, 0.717) is 17.3 Å². The highest BCUT2D eigenvalue weighted by Crippen LogP contribution is 2.15. The Morgan fingerprint density at radius 2 is 2.25 bits per heavy atom. The first-order valence-corrected chi connectivity index (χ1v) is 6.07. The van der Waals surface area contributed by atoms with Crippen LogP contribution in [0.4, 0.5) is 5.69 Å². The molecule has 0 saturated carbocycles. The van der Waals surface area contributed by atoms with E-state index in [4.69, 9.17) is 5.84 Å². The van der Waals surface area contributed by atoms with E-state index in [-0.39, 0.29) is 24.1 Å². The number of rotatable bonds is 5. The minimum atomic E-state index is -0.362. The SMILES string of the molecule is CC(C)c1ncc(NN)c(C(=O)NCc2ncn[nH]2)n1. The zero-order valence-corrected chi connectivity index (χ0v) is 11.2. The second-order valence-electron chi connectivity index (χ2n) is 4.40. The van der Waals surface area contributed by atoms with Crippen molar-refractivity contribution in [1.82, 2.24) is 30.5 Å². The quantitative estimate of drug-likeness (QED) is 0.443. The summed E-state index contributed by atoms with van der Waals surface area (Å²) in [5.41, 5.74) is 2.98. The molecule has 9 nitrogen and oxygen atoms in total. The fourth-order valence-corrected chi connectivity index (χ4v) is 1.52. The highest BCUT2D eigenvalue weighted by molar-refractivity contribution is 5.97. The van der Waals surface area contributed by atoms with Gasteiger partial charge in [-0.25, -0.2) is 15.0 Å². The van der Waals surface area contributed by atoms with Crippen LogP contribution in [0.3, 0.4) is 0 Å². The van der Waals surface area contributed by atoms with Crippen molar-refractivity contribution in [2.75, 3.05) is 5.43 Å². The first-order valence-electron chi connectivity index (χ1n) is 6.07. The van der Waals surface area contributed by atoms with Gasteiger partial charge >= 0.3 is 0 Å². The molecular formula is C11H16N8O. The minimum Gasteiger partial charge on any atom is -0.343 e. The highest BCUT2D eigenvalue weighted by Gasteiger charge is 2.16. The number of aromatic nitrogens is 5. The predicted octanol–water partition coefficient (Wildman–Crippen LogP) is -0.0663. The molecule has 1 amide bonds. The number of nitrogen functional groups attached to an aromatic ring is 1. The van der Waals surface area contributed by atoms with Gasteiger partial charge in [-0.15, -0.1) is 0 Å². The third-order valence-corrected chi connectivity index (χ3v) is 2.58. The Morgan fingerprint density at radius 1 is 1.45 bits per heavy atom. The third kappa shape index (κ3) is 3.06. The van der Waals surface area contributed by atoms with Crippen molar-refractivity contribution in [2.45, 2.75) is 26.3 Å². The Balaban J connectivity index is 2.16. The van der Waals surface area contributed by atoms with Gasteiger partial charge < -0.3 is 10.7 Å². The van der Waals surface area contributed by atoms with Crippen LogP contribution in [0.5, 0.6) is 0 Å². The van der Waals surface area contributed by atoms with Crippen LogP contribution >= 0.6 is 0 Å². The Hall–Kier alpha value is -2.55. The second kappa shape index (κ2) is 6.06. The van der Waals surface area contributed by atoms with Crippen LogP contribution in [0, 0.1) is 0 Å². The number of amides is 1.